The predicted molar refractivity (Wildman–Crippen MR) is 96.8 cm³/mol. The second-order valence-corrected chi connectivity index (χ2v) is 6.13. The van der Waals surface area contributed by atoms with Gasteiger partial charge < -0.3 is 10.2 Å². The Morgan fingerprint density at radius 3 is 2.93 bits per heavy atom. The zero-order valence-electron chi connectivity index (χ0n) is 14.7. The molecule has 0 saturated carbocycles. The fourth-order valence-corrected chi connectivity index (χ4v) is 3.09. The van der Waals surface area contributed by atoms with E-state index in [9.17, 15) is 18.8 Å². The van der Waals surface area contributed by atoms with E-state index >= 15 is 0 Å². The van der Waals surface area contributed by atoms with Gasteiger partial charge in [-0.15, -0.1) is 0 Å². The number of halogens is 2. The van der Waals surface area contributed by atoms with Crippen LogP contribution in [-0.2, 0) is 6.54 Å². The van der Waals surface area contributed by atoms with Gasteiger partial charge in [-0.2, -0.15) is 15.5 Å². The smallest absolute Gasteiger partial charge is 0.284 e. The average Bonchev–Trinajstić information content (AvgIpc) is 2.72. The van der Waals surface area contributed by atoms with Crippen LogP contribution in [0, 0.1) is 16.9 Å². The second kappa shape index (κ2) is 8.39. The molecule has 8 nitrogen and oxygen atoms in total. The zero-order chi connectivity index (χ0) is 20.1. The van der Waals surface area contributed by atoms with Gasteiger partial charge in [0.05, 0.1) is 18.4 Å². The van der Waals surface area contributed by atoms with Crippen LogP contribution in [0.5, 0.6) is 0 Å². The van der Waals surface area contributed by atoms with Crippen LogP contribution >= 0.6 is 0 Å². The molecule has 0 bridgehead atoms. The summed E-state index contributed by atoms with van der Waals surface area (Å²) in [6.07, 6.45) is -0.729. The molecule has 2 heterocycles. The molecule has 1 aromatic carbocycles. The lowest BCUT2D eigenvalue weighted by molar-refractivity contribution is 0.150. The Bertz CT molecular complexity index is 1010. The molecule has 3 rings (SSSR count). The van der Waals surface area contributed by atoms with Crippen LogP contribution in [0.2, 0.25) is 0 Å². The summed E-state index contributed by atoms with van der Waals surface area (Å²) in [6, 6.07) is 8.14. The van der Waals surface area contributed by atoms with Gasteiger partial charge in [-0.1, -0.05) is 24.3 Å². The van der Waals surface area contributed by atoms with Crippen LogP contribution in [0.3, 0.4) is 0 Å². The highest BCUT2D eigenvalue weighted by Gasteiger charge is 2.23. The summed E-state index contributed by atoms with van der Waals surface area (Å²) in [5.74, 6) is 0. The Balaban J connectivity index is 1.80. The molecule has 0 spiro atoms. The summed E-state index contributed by atoms with van der Waals surface area (Å²) in [7, 11) is 0. The summed E-state index contributed by atoms with van der Waals surface area (Å²) in [4.78, 5) is 13.5. The van der Waals surface area contributed by atoms with E-state index in [-0.39, 0.29) is 24.2 Å². The molecule has 0 amide bonds. The largest absolute Gasteiger partial charge is 0.383 e. The van der Waals surface area contributed by atoms with Crippen LogP contribution in [0.15, 0.2) is 51.8 Å². The third kappa shape index (κ3) is 3.88. The van der Waals surface area contributed by atoms with Gasteiger partial charge in [0.25, 0.3) is 12.0 Å². The third-order valence-electron chi connectivity index (χ3n) is 4.53. The molecule has 0 atom stereocenters. The van der Waals surface area contributed by atoms with Crippen molar-refractivity contribution in [3.8, 4) is 6.07 Å². The monoisotopic (exact) mass is 385 g/mol. The van der Waals surface area contributed by atoms with Crippen molar-refractivity contribution in [1.29, 1.82) is 10.8 Å². The van der Waals surface area contributed by atoms with Gasteiger partial charge in [0.1, 0.15) is 17.3 Å². The first kappa shape index (κ1) is 19.2. The van der Waals surface area contributed by atoms with Crippen molar-refractivity contribution in [1.82, 2.24) is 15.5 Å². The first-order valence-electron chi connectivity index (χ1n) is 8.47. The van der Waals surface area contributed by atoms with Crippen molar-refractivity contribution >= 4 is 5.69 Å². The Hall–Kier alpha value is -3.61. The van der Waals surface area contributed by atoms with Crippen molar-refractivity contribution in [2.75, 3.05) is 18.0 Å². The van der Waals surface area contributed by atoms with Gasteiger partial charge in [0.15, 0.2) is 0 Å². The van der Waals surface area contributed by atoms with E-state index < -0.39 is 12.0 Å². The minimum Gasteiger partial charge on any atom is -0.383 e. The average molecular weight is 385 g/mol. The number of hydrogen-bond donors (Lipinski definition) is 3. The number of benzene rings is 1. The number of aromatic amines is 1. The summed E-state index contributed by atoms with van der Waals surface area (Å²) >= 11 is 0. The van der Waals surface area contributed by atoms with Crippen molar-refractivity contribution in [3.05, 3.63) is 68.9 Å². The van der Waals surface area contributed by atoms with Gasteiger partial charge >= 0.3 is 0 Å². The highest BCUT2D eigenvalue weighted by atomic mass is 19.3. The summed E-state index contributed by atoms with van der Waals surface area (Å²) in [5.41, 5.74) is 8.70. The molecule has 2 aromatic rings. The number of nitriles is 1. The van der Waals surface area contributed by atoms with E-state index in [2.05, 4.69) is 20.6 Å². The fraction of sp³-hybridized carbons (Fsp3) is 0.278. The minimum absolute atomic E-state index is 0.0364. The SMILES string of the molecule is N#Cc1c(N2CCC(NCc3ccccc3C(F)F)=C(N=N)C2)cn[nH]c1=O. The lowest BCUT2D eigenvalue weighted by atomic mass is 10.1. The maximum Gasteiger partial charge on any atom is 0.284 e. The van der Waals surface area contributed by atoms with Crippen LogP contribution in [-0.4, -0.2) is 23.3 Å². The van der Waals surface area contributed by atoms with Gasteiger partial charge in [-0.3, -0.25) is 4.79 Å². The fourth-order valence-electron chi connectivity index (χ4n) is 3.09. The Morgan fingerprint density at radius 1 is 1.43 bits per heavy atom. The molecule has 0 radical (unpaired) electrons. The lowest BCUT2D eigenvalue weighted by Gasteiger charge is -2.31. The maximum atomic E-state index is 13.1. The molecule has 1 aliphatic rings. The van der Waals surface area contributed by atoms with Crippen LogP contribution in [0.4, 0.5) is 14.5 Å². The van der Waals surface area contributed by atoms with Crippen LogP contribution in [0.1, 0.15) is 29.5 Å². The number of H-pyrrole nitrogens is 1. The highest BCUT2D eigenvalue weighted by Crippen LogP contribution is 2.26. The molecule has 0 fully saturated rings. The quantitative estimate of drug-likeness (QED) is 0.660. The van der Waals surface area contributed by atoms with E-state index in [1.165, 1.54) is 12.3 Å². The molecule has 144 valence electrons. The number of hydrogen-bond acceptors (Lipinski definition) is 7. The Morgan fingerprint density at radius 2 is 2.21 bits per heavy atom. The summed E-state index contributed by atoms with van der Waals surface area (Å²) in [5, 5.41) is 21.8. The number of nitrogens with one attached hydrogen (secondary N) is 3. The number of nitrogens with zero attached hydrogens (tertiary/aromatic N) is 4. The molecular formula is C18H17F2N7O. The molecule has 3 N–H and O–H groups in total. The van der Waals surface area contributed by atoms with Crippen LogP contribution < -0.4 is 15.8 Å². The van der Waals surface area contributed by atoms with E-state index in [0.717, 1.165) is 0 Å². The predicted octanol–water partition coefficient (Wildman–Crippen LogP) is 2.82. The number of aromatic nitrogens is 2. The number of alkyl halides is 2. The Kier molecular flexibility index (Phi) is 5.74. The van der Waals surface area contributed by atoms with E-state index in [4.69, 9.17) is 5.53 Å². The van der Waals surface area contributed by atoms with Crippen molar-refractivity contribution < 1.29 is 8.78 Å². The molecule has 28 heavy (non-hydrogen) atoms. The number of rotatable bonds is 6. The summed E-state index contributed by atoms with van der Waals surface area (Å²) in [6.45, 7) is 0.838. The van der Waals surface area contributed by atoms with Gasteiger partial charge in [-0.25, -0.2) is 19.4 Å². The molecule has 10 heteroatoms. The Labute approximate surface area is 159 Å². The number of anilines is 1. The van der Waals surface area contributed by atoms with E-state index in [1.807, 2.05) is 6.07 Å². The van der Waals surface area contributed by atoms with E-state index in [0.29, 0.717) is 35.6 Å². The lowest BCUT2D eigenvalue weighted by Crippen LogP contribution is -2.36. The normalized spacial score (nSPS) is 14.1. The second-order valence-electron chi connectivity index (χ2n) is 6.13. The van der Waals surface area contributed by atoms with Gasteiger partial charge in [0.2, 0.25) is 0 Å². The molecule has 0 aliphatic carbocycles. The first-order valence-corrected chi connectivity index (χ1v) is 8.47. The van der Waals surface area contributed by atoms with Gasteiger partial charge in [0, 0.05) is 30.8 Å². The van der Waals surface area contributed by atoms with Crippen molar-refractivity contribution in [2.24, 2.45) is 5.11 Å². The topological polar surface area (TPSA) is 121 Å². The van der Waals surface area contributed by atoms with Crippen molar-refractivity contribution in [3.63, 3.8) is 0 Å². The molecule has 0 saturated heterocycles. The maximum absolute atomic E-state index is 13.1. The van der Waals surface area contributed by atoms with Crippen molar-refractivity contribution in [2.45, 2.75) is 19.4 Å². The zero-order valence-corrected chi connectivity index (χ0v) is 14.7. The van der Waals surface area contributed by atoms with Gasteiger partial charge in [-0.05, 0) is 5.56 Å². The minimum atomic E-state index is -2.57. The highest BCUT2D eigenvalue weighted by molar-refractivity contribution is 5.58. The molecule has 0 unspecified atom stereocenters. The summed E-state index contributed by atoms with van der Waals surface area (Å²) < 4.78 is 26.2. The standard InChI is InChI=1S/C18H17F2N7O/c19-17(20)12-4-2-1-3-11(12)8-23-14-5-6-27(10-15(14)25-22)16-9-24-26-18(28)13(16)7-21/h1-4,9,17,22-23H,5-6,8,10H2,(H,26,28). The third-order valence-corrected chi connectivity index (χ3v) is 4.53. The molecule has 1 aliphatic heterocycles. The van der Waals surface area contributed by atoms with Crippen LogP contribution in [0.25, 0.3) is 0 Å². The molecule has 1 aromatic heterocycles. The van der Waals surface area contributed by atoms with E-state index in [1.54, 1.807) is 23.1 Å². The first-order chi connectivity index (χ1) is 13.5. The molecular weight excluding hydrogens is 368 g/mol.